The van der Waals surface area contributed by atoms with Crippen molar-refractivity contribution >= 4 is 33.2 Å². The van der Waals surface area contributed by atoms with E-state index in [1.807, 2.05) is 5.38 Å². The molecule has 0 aromatic carbocycles. The van der Waals surface area contributed by atoms with Crippen LogP contribution in [0.5, 0.6) is 0 Å². The number of nitrogens with zero attached hydrogens (tertiary/aromatic N) is 1. The summed E-state index contributed by atoms with van der Waals surface area (Å²) < 4.78 is 0. The normalized spacial score (nSPS) is 10.1. The predicted octanol–water partition coefficient (Wildman–Crippen LogP) is 2.32. The molecule has 0 saturated heterocycles. The number of thiazole rings is 1. The van der Waals surface area contributed by atoms with Crippen molar-refractivity contribution in [1.29, 1.82) is 0 Å². The Bertz CT molecular complexity index is 264. The lowest BCUT2D eigenvalue weighted by molar-refractivity contribution is -0.121. The van der Waals surface area contributed by atoms with E-state index >= 15 is 0 Å². The summed E-state index contributed by atoms with van der Waals surface area (Å²) >= 11 is 4.87. The Hall–Kier alpha value is -0.420. The number of carbonyl (C=O) groups excluding carboxylic acids is 1. The number of amides is 1. The number of unbranched alkanes of at least 4 members (excludes halogenated alkanes) is 1. The highest BCUT2D eigenvalue weighted by molar-refractivity contribution is 9.09. The molecular formula is C9H13BrN2OS. The minimum atomic E-state index is 0.110. The fourth-order valence-electron chi connectivity index (χ4n) is 0.982. The van der Waals surface area contributed by atoms with Crippen LogP contribution in [0.1, 0.15) is 25.0 Å². The van der Waals surface area contributed by atoms with Crippen molar-refractivity contribution in [2.75, 3.05) is 5.33 Å². The minimum Gasteiger partial charge on any atom is -0.350 e. The lowest BCUT2D eigenvalue weighted by Crippen LogP contribution is -2.22. The van der Waals surface area contributed by atoms with Gasteiger partial charge in [-0.2, -0.15) is 0 Å². The molecule has 0 fully saturated rings. The molecule has 0 atom stereocenters. The Labute approximate surface area is 96.1 Å². The Morgan fingerprint density at radius 2 is 2.43 bits per heavy atom. The van der Waals surface area contributed by atoms with E-state index in [1.54, 1.807) is 16.8 Å². The molecule has 0 radical (unpaired) electrons. The maximum Gasteiger partial charge on any atom is 0.220 e. The smallest absolute Gasteiger partial charge is 0.220 e. The quantitative estimate of drug-likeness (QED) is 0.640. The van der Waals surface area contributed by atoms with Crippen molar-refractivity contribution in [1.82, 2.24) is 10.3 Å². The second-order valence-corrected chi connectivity index (χ2v) is 4.41. The third-order valence-corrected chi connectivity index (χ3v) is 2.93. The second kappa shape index (κ2) is 6.95. The van der Waals surface area contributed by atoms with E-state index in [9.17, 15) is 4.79 Å². The van der Waals surface area contributed by atoms with Gasteiger partial charge in [-0.05, 0) is 12.8 Å². The van der Waals surface area contributed by atoms with Gasteiger partial charge < -0.3 is 5.32 Å². The first-order chi connectivity index (χ1) is 6.83. The van der Waals surface area contributed by atoms with E-state index in [4.69, 9.17) is 0 Å². The van der Waals surface area contributed by atoms with Crippen LogP contribution in [0.3, 0.4) is 0 Å². The summed E-state index contributed by atoms with van der Waals surface area (Å²) in [5.74, 6) is 0.110. The number of rotatable bonds is 6. The van der Waals surface area contributed by atoms with Gasteiger partial charge in [-0.15, -0.1) is 11.3 Å². The van der Waals surface area contributed by atoms with Gasteiger partial charge in [0.2, 0.25) is 5.91 Å². The zero-order valence-corrected chi connectivity index (χ0v) is 10.2. The molecule has 1 amide bonds. The molecule has 1 heterocycles. The third-order valence-electron chi connectivity index (χ3n) is 1.74. The Morgan fingerprint density at radius 1 is 1.57 bits per heavy atom. The highest BCUT2D eigenvalue weighted by Crippen LogP contribution is 2.01. The molecule has 0 saturated carbocycles. The summed E-state index contributed by atoms with van der Waals surface area (Å²) in [7, 11) is 0. The van der Waals surface area contributed by atoms with Gasteiger partial charge in [-0.25, -0.2) is 4.98 Å². The average Bonchev–Trinajstić information content (AvgIpc) is 2.68. The van der Waals surface area contributed by atoms with E-state index in [0.717, 1.165) is 23.9 Å². The molecule has 1 aromatic heterocycles. The summed E-state index contributed by atoms with van der Waals surface area (Å²) in [6, 6.07) is 0. The lowest BCUT2D eigenvalue weighted by Gasteiger charge is -2.01. The van der Waals surface area contributed by atoms with Crippen LogP contribution in [0.2, 0.25) is 0 Å². The van der Waals surface area contributed by atoms with Crippen molar-refractivity contribution in [3.8, 4) is 0 Å². The molecule has 14 heavy (non-hydrogen) atoms. The highest BCUT2D eigenvalue weighted by Gasteiger charge is 2.01. The van der Waals surface area contributed by atoms with E-state index in [2.05, 4.69) is 26.2 Å². The van der Waals surface area contributed by atoms with Gasteiger partial charge in [0.1, 0.15) is 0 Å². The van der Waals surface area contributed by atoms with Gasteiger partial charge in [0.15, 0.2) is 0 Å². The molecular weight excluding hydrogens is 264 g/mol. The summed E-state index contributed by atoms with van der Waals surface area (Å²) in [5, 5.41) is 5.74. The second-order valence-electron chi connectivity index (χ2n) is 2.90. The van der Waals surface area contributed by atoms with Crippen LogP contribution >= 0.6 is 27.3 Å². The van der Waals surface area contributed by atoms with Crippen molar-refractivity contribution in [2.45, 2.75) is 25.8 Å². The summed E-state index contributed by atoms with van der Waals surface area (Å²) in [6.07, 6.45) is 2.59. The molecule has 1 rings (SSSR count). The molecule has 0 aliphatic heterocycles. The van der Waals surface area contributed by atoms with Crippen LogP contribution in [-0.4, -0.2) is 16.2 Å². The first-order valence-corrected chi connectivity index (χ1v) is 6.59. The number of aromatic nitrogens is 1. The molecule has 1 aromatic rings. The summed E-state index contributed by atoms with van der Waals surface area (Å²) in [5.41, 5.74) is 2.70. The number of halogens is 1. The van der Waals surface area contributed by atoms with E-state index in [0.29, 0.717) is 13.0 Å². The monoisotopic (exact) mass is 276 g/mol. The predicted molar refractivity (Wildman–Crippen MR) is 61.6 cm³/mol. The Morgan fingerprint density at radius 3 is 3.07 bits per heavy atom. The van der Waals surface area contributed by atoms with Gasteiger partial charge in [-0.3, -0.25) is 4.79 Å². The SMILES string of the molecule is O=C(CCCCBr)NCc1cscn1. The number of nitrogens with one attached hydrogen (secondary N) is 1. The topological polar surface area (TPSA) is 42.0 Å². The fraction of sp³-hybridized carbons (Fsp3) is 0.556. The van der Waals surface area contributed by atoms with E-state index in [1.165, 1.54) is 0 Å². The van der Waals surface area contributed by atoms with Gasteiger partial charge in [0, 0.05) is 17.1 Å². The molecule has 0 bridgehead atoms. The zero-order valence-electron chi connectivity index (χ0n) is 7.83. The molecule has 0 aliphatic rings. The summed E-state index contributed by atoms with van der Waals surface area (Å²) in [4.78, 5) is 15.3. The first kappa shape index (κ1) is 11.7. The van der Waals surface area contributed by atoms with Crippen LogP contribution in [0.25, 0.3) is 0 Å². The maximum absolute atomic E-state index is 11.3. The zero-order chi connectivity index (χ0) is 10.2. The van der Waals surface area contributed by atoms with Crippen molar-refractivity contribution < 1.29 is 4.79 Å². The maximum atomic E-state index is 11.3. The van der Waals surface area contributed by atoms with E-state index < -0.39 is 0 Å². The summed E-state index contributed by atoms with van der Waals surface area (Å²) in [6.45, 7) is 0.552. The molecule has 0 spiro atoms. The van der Waals surface area contributed by atoms with Gasteiger partial charge >= 0.3 is 0 Å². The van der Waals surface area contributed by atoms with Crippen molar-refractivity contribution in [3.05, 3.63) is 16.6 Å². The van der Waals surface area contributed by atoms with Crippen LogP contribution < -0.4 is 5.32 Å². The number of alkyl halides is 1. The molecule has 5 heteroatoms. The lowest BCUT2D eigenvalue weighted by atomic mass is 10.2. The van der Waals surface area contributed by atoms with Crippen LogP contribution in [0.15, 0.2) is 10.9 Å². The molecule has 0 unspecified atom stereocenters. The minimum absolute atomic E-state index is 0.110. The van der Waals surface area contributed by atoms with Gasteiger partial charge in [0.25, 0.3) is 0 Å². The Kier molecular flexibility index (Phi) is 5.78. The number of hydrogen-bond donors (Lipinski definition) is 1. The standard InChI is InChI=1S/C9H13BrN2OS/c10-4-2-1-3-9(13)11-5-8-6-14-7-12-8/h6-7H,1-5H2,(H,11,13). The number of carbonyl (C=O) groups is 1. The van der Waals surface area contributed by atoms with Crippen molar-refractivity contribution in [3.63, 3.8) is 0 Å². The molecule has 0 aliphatic carbocycles. The Balaban J connectivity index is 2.09. The first-order valence-electron chi connectivity index (χ1n) is 4.52. The van der Waals surface area contributed by atoms with E-state index in [-0.39, 0.29) is 5.91 Å². The molecule has 3 nitrogen and oxygen atoms in total. The van der Waals surface area contributed by atoms with Crippen LogP contribution in [-0.2, 0) is 11.3 Å². The fourth-order valence-corrected chi connectivity index (χ4v) is 1.94. The average molecular weight is 277 g/mol. The highest BCUT2D eigenvalue weighted by atomic mass is 79.9. The van der Waals surface area contributed by atoms with Gasteiger partial charge in [-0.1, -0.05) is 15.9 Å². The largest absolute Gasteiger partial charge is 0.350 e. The van der Waals surface area contributed by atoms with Crippen LogP contribution in [0.4, 0.5) is 0 Å². The van der Waals surface area contributed by atoms with Gasteiger partial charge in [0.05, 0.1) is 17.7 Å². The van der Waals surface area contributed by atoms with Crippen LogP contribution in [0, 0.1) is 0 Å². The third kappa shape index (κ3) is 4.72. The molecule has 78 valence electrons. The number of hydrogen-bond acceptors (Lipinski definition) is 3. The molecule has 1 N–H and O–H groups in total. The van der Waals surface area contributed by atoms with Crippen molar-refractivity contribution in [2.24, 2.45) is 0 Å².